The quantitative estimate of drug-likeness (QED) is 0.297. The van der Waals surface area contributed by atoms with Gasteiger partial charge in [-0.3, -0.25) is 14.4 Å². The number of carbonyl (C=O) groups excluding carboxylic acids is 3. The van der Waals surface area contributed by atoms with Crippen LogP contribution in [-0.2, 0) is 25.8 Å². The van der Waals surface area contributed by atoms with Gasteiger partial charge < -0.3 is 30.1 Å². The predicted molar refractivity (Wildman–Crippen MR) is 166 cm³/mol. The maximum atomic E-state index is 14.6. The number of carbonyl (C=O) groups is 3. The Morgan fingerprint density at radius 1 is 1.16 bits per heavy atom. The van der Waals surface area contributed by atoms with Gasteiger partial charge in [0.15, 0.2) is 0 Å². The maximum absolute atomic E-state index is 14.6. The minimum atomic E-state index is -1.25. The second-order valence-electron chi connectivity index (χ2n) is 12.8. The van der Waals surface area contributed by atoms with Gasteiger partial charge >= 0.3 is 0 Å². The number of para-hydroxylation sites is 1. The molecule has 0 radical (unpaired) electrons. The van der Waals surface area contributed by atoms with Crippen molar-refractivity contribution in [3.63, 3.8) is 0 Å². The van der Waals surface area contributed by atoms with Crippen molar-refractivity contribution in [1.29, 1.82) is 0 Å². The van der Waals surface area contributed by atoms with E-state index in [-0.39, 0.29) is 36.9 Å². The molecule has 3 aromatic rings. The van der Waals surface area contributed by atoms with Crippen molar-refractivity contribution in [1.82, 2.24) is 25.2 Å². The van der Waals surface area contributed by atoms with Gasteiger partial charge in [0.1, 0.15) is 29.6 Å². The van der Waals surface area contributed by atoms with Crippen LogP contribution < -0.4 is 15.4 Å². The van der Waals surface area contributed by atoms with E-state index >= 15 is 0 Å². The summed E-state index contributed by atoms with van der Waals surface area (Å²) in [5, 5.41) is 24.9. The molecule has 1 aromatic heterocycles. The Kier molecular flexibility index (Phi) is 8.07. The normalized spacial score (nSPS) is 29.9. The summed E-state index contributed by atoms with van der Waals surface area (Å²) in [4.78, 5) is 44.5. The Bertz CT molecular complexity index is 1590. The molecule has 3 amide bonds. The average Bonchev–Trinajstić information content (AvgIpc) is 3.71. The van der Waals surface area contributed by atoms with Crippen LogP contribution in [0.4, 0.5) is 5.69 Å². The minimum absolute atomic E-state index is 0.0280. The third-order valence-corrected chi connectivity index (χ3v) is 10.4. The Morgan fingerprint density at radius 3 is 2.58 bits per heavy atom. The van der Waals surface area contributed by atoms with Gasteiger partial charge in [0.25, 0.3) is 0 Å². The Labute approximate surface area is 262 Å². The van der Waals surface area contributed by atoms with Crippen LogP contribution in [0.2, 0.25) is 0 Å². The number of nitrogens with zero attached hydrogens (tertiary/aromatic N) is 4. The first-order valence-electron chi connectivity index (χ1n) is 15.8. The van der Waals surface area contributed by atoms with Crippen LogP contribution in [0.3, 0.4) is 0 Å². The number of amides is 3. The van der Waals surface area contributed by atoms with Gasteiger partial charge in [-0.2, -0.15) is 0 Å². The van der Waals surface area contributed by atoms with E-state index in [4.69, 9.17) is 9.47 Å². The molecule has 3 N–H and O–H groups in total. The standard InChI is InChI=1S/C33H42N6O6/c1-6-19(3)25(17-40)39-28(30(42)34-18-38-24-11-9-8-10-23(24)36-37-38)33-16-20(4)32(5,45-33)26(27(33)31(39)43)29(41)35-21-12-14-22(15-13-21)44-7-2/h8-15,19-20,25-28,40H,6-7,16-18H2,1-5H3,(H,34,42)(H,35,41)/t19-,20?,25-,26-,27-,28?,32+,33?/m0/s1. The number of hydrogen-bond acceptors (Lipinski definition) is 8. The van der Waals surface area contributed by atoms with Gasteiger partial charge in [0.2, 0.25) is 17.7 Å². The summed E-state index contributed by atoms with van der Waals surface area (Å²) in [5.74, 6) is -2.40. The maximum Gasteiger partial charge on any atom is 0.247 e. The third kappa shape index (κ3) is 4.85. The lowest BCUT2D eigenvalue weighted by Gasteiger charge is -2.39. The number of aromatic nitrogens is 3. The molecule has 2 bridgehead atoms. The molecule has 2 aromatic carbocycles. The smallest absolute Gasteiger partial charge is 0.247 e. The second-order valence-corrected chi connectivity index (χ2v) is 12.8. The number of rotatable bonds is 11. The van der Waals surface area contributed by atoms with Crippen LogP contribution >= 0.6 is 0 Å². The van der Waals surface area contributed by atoms with E-state index in [0.717, 1.165) is 5.52 Å². The number of aliphatic hydroxyl groups is 1. The molecule has 45 heavy (non-hydrogen) atoms. The topological polar surface area (TPSA) is 148 Å². The predicted octanol–water partition coefficient (Wildman–Crippen LogP) is 2.96. The lowest BCUT2D eigenvalue weighted by atomic mass is 9.62. The molecule has 6 rings (SSSR count). The molecule has 3 aliphatic rings. The molecule has 12 heteroatoms. The first-order valence-corrected chi connectivity index (χ1v) is 15.8. The zero-order valence-corrected chi connectivity index (χ0v) is 26.4. The molecule has 0 aliphatic carbocycles. The van der Waals surface area contributed by atoms with Crippen molar-refractivity contribution in [2.24, 2.45) is 23.7 Å². The number of nitrogens with one attached hydrogen (secondary N) is 2. The summed E-state index contributed by atoms with van der Waals surface area (Å²) in [6.45, 7) is 9.95. The Morgan fingerprint density at radius 2 is 1.89 bits per heavy atom. The van der Waals surface area contributed by atoms with Crippen LogP contribution in [0.25, 0.3) is 11.0 Å². The highest BCUT2D eigenvalue weighted by molar-refractivity contribution is 6.02. The largest absolute Gasteiger partial charge is 0.494 e. The summed E-state index contributed by atoms with van der Waals surface area (Å²) < 4.78 is 14.0. The van der Waals surface area contributed by atoms with E-state index in [0.29, 0.717) is 36.4 Å². The third-order valence-electron chi connectivity index (χ3n) is 10.4. The van der Waals surface area contributed by atoms with Crippen LogP contribution in [0.5, 0.6) is 5.75 Å². The van der Waals surface area contributed by atoms with Gasteiger partial charge in [-0.1, -0.05) is 44.5 Å². The van der Waals surface area contributed by atoms with E-state index in [1.807, 2.05) is 58.9 Å². The van der Waals surface area contributed by atoms with E-state index in [1.165, 1.54) is 4.90 Å². The first kappa shape index (κ1) is 31.0. The monoisotopic (exact) mass is 618 g/mol. The number of aliphatic hydroxyl groups excluding tert-OH is 1. The van der Waals surface area contributed by atoms with Crippen molar-refractivity contribution in [3.05, 3.63) is 48.5 Å². The van der Waals surface area contributed by atoms with Gasteiger partial charge in [0.05, 0.1) is 42.2 Å². The molecule has 12 nitrogen and oxygen atoms in total. The van der Waals surface area contributed by atoms with E-state index < -0.39 is 41.0 Å². The Hall–Kier alpha value is -4.03. The van der Waals surface area contributed by atoms with Crippen molar-refractivity contribution >= 4 is 34.4 Å². The SMILES string of the molecule is CCOc1ccc(NC(=O)[C@@H]2[C@H]3C(=O)N([C@@H](CO)[C@@H](C)CC)C(C(=O)NCn4nnc5ccccc54)C34CC(C)[C@@]2(C)O4)cc1. The summed E-state index contributed by atoms with van der Waals surface area (Å²) in [6, 6.07) is 12.8. The fourth-order valence-corrected chi connectivity index (χ4v) is 7.85. The summed E-state index contributed by atoms with van der Waals surface area (Å²) >= 11 is 0. The van der Waals surface area contributed by atoms with Crippen molar-refractivity contribution in [2.45, 2.75) is 77.4 Å². The fraction of sp³-hybridized carbons (Fsp3) is 0.545. The van der Waals surface area contributed by atoms with Crippen LogP contribution in [0.1, 0.15) is 47.5 Å². The molecule has 3 unspecified atom stereocenters. The lowest BCUT2D eigenvalue weighted by Crippen LogP contribution is -2.59. The number of likely N-dealkylation sites (tertiary alicyclic amines) is 1. The molecule has 0 saturated carbocycles. The molecule has 1 spiro atoms. The molecular weight excluding hydrogens is 576 g/mol. The molecule has 4 heterocycles. The fourth-order valence-electron chi connectivity index (χ4n) is 7.85. The molecule has 3 fully saturated rings. The summed E-state index contributed by atoms with van der Waals surface area (Å²) in [6.07, 6.45) is 1.11. The number of hydrogen-bond donors (Lipinski definition) is 3. The average molecular weight is 619 g/mol. The van der Waals surface area contributed by atoms with Gasteiger partial charge in [0, 0.05) is 5.69 Å². The highest BCUT2D eigenvalue weighted by Crippen LogP contribution is 2.65. The molecule has 3 aliphatic heterocycles. The van der Waals surface area contributed by atoms with Crippen molar-refractivity contribution < 1.29 is 29.0 Å². The molecule has 3 saturated heterocycles. The number of ether oxygens (including phenoxy) is 2. The van der Waals surface area contributed by atoms with Crippen LogP contribution in [0, 0.1) is 23.7 Å². The highest BCUT2D eigenvalue weighted by atomic mass is 16.5. The van der Waals surface area contributed by atoms with Crippen molar-refractivity contribution in [3.8, 4) is 5.75 Å². The summed E-state index contributed by atoms with van der Waals surface area (Å²) in [7, 11) is 0. The van der Waals surface area contributed by atoms with Crippen LogP contribution in [0.15, 0.2) is 48.5 Å². The zero-order chi connectivity index (χ0) is 32.1. The van der Waals surface area contributed by atoms with E-state index in [1.54, 1.807) is 28.9 Å². The molecular formula is C33H42N6O6. The molecule has 240 valence electrons. The number of fused-ring (bicyclic) bond motifs is 2. The van der Waals surface area contributed by atoms with E-state index in [9.17, 15) is 19.5 Å². The lowest BCUT2D eigenvalue weighted by molar-refractivity contribution is -0.151. The summed E-state index contributed by atoms with van der Waals surface area (Å²) in [5.41, 5.74) is -0.206. The number of benzene rings is 2. The Balaban J connectivity index is 1.35. The zero-order valence-electron chi connectivity index (χ0n) is 26.4. The second kappa shape index (κ2) is 11.7. The molecule has 8 atom stereocenters. The van der Waals surface area contributed by atoms with Gasteiger partial charge in [-0.25, -0.2) is 4.68 Å². The minimum Gasteiger partial charge on any atom is -0.494 e. The van der Waals surface area contributed by atoms with Crippen LogP contribution in [-0.4, -0.2) is 79.2 Å². The van der Waals surface area contributed by atoms with Gasteiger partial charge in [-0.05, 0) is 68.5 Å². The van der Waals surface area contributed by atoms with Crippen molar-refractivity contribution in [2.75, 3.05) is 18.5 Å². The van der Waals surface area contributed by atoms with E-state index in [2.05, 4.69) is 20.9 Å². The first-order chi connectivity index (χ1) is 21.6. The highest BCUT2D eigenvalue weighted by Gasteiger charge is 2.80. The number of anilines is 1. The van der Waals surface area contributed by atoms with Gasteiger partial charge in [-0.15, -0.1) is 5.10 Å².